The molecular weight excluding hydrogens is 214 g/mol. The molecule has 15 heavy (non-hydrogen) atoms. The number of rotatable bonds is 3. The van der Waals surface area contributed by atoms with Gasteiger partial charge in [0.05, 0.1) is 6.20 Å². The first-order valence-corrected chi connectivity index (χ1v) is 6.15. The Morgan fingerprint density at radius 3 is 3.00 bits per heavy atom. The van der Waals surface area contributed by atoms with E-state index < -0.39 is 5.97 Å². The van der Waals surface area contributed by atoms with Crippen molar-refractivity contribution in [2.45, 2.75) is 25.2 Å². The molecule has 0 unspecified atom stereocenters. The van der Waals surface area contributed by atoms with Crippen molar-refractivity contribution in [2.24, 2.45) is 0 Å². The molecule has 2 heterocycles. The molecule has 0 aromatic carbocycles. The van der Waals surface area contributed by atoms with Crippen molar-refractivity contribution in [3.63, 3.8) is 0 Å². The highest BCUT2D eigenvalue weighted by molar-refractivity contribution is 7.99. The van der Waals surface area contributed by atoms with Crippen LogP contribution in [-0.4, -0.2) is 27.6 Å². The SMILES string of the molecule is O=C(O)Cc1ncc(C2CCSCC2)o1. The lowest BCUT2D eigenvalue weighted by Gasteiger charge is -2.18. The molecule has 0 atom stereocenters. The molecule has 1 aliphatic heterocycles. The van der Waals surface area contributed by atoms with Crippen LogP contribution in [0.15, 0.2) is 10.6 Å². The summed E-state index contributed by atoms with van der Waals surface area (Å²) in [5.41, 5.74) is 0. The molecule has 0 saturated carbocycles. The summed E-state index contributed by atoms with van der Waals surface area (Å²) < 4.78 is 5.43. The van der Waals surface area contributed by atoms with E-state index in [2.05, 4.69) is 4.98 Å². The van der Waals surface area contributed by atoms with Crippen LogP contribution in [0.4, 0.5) is 0 Å². The molecule has 1 aromatic heterocycles. The van der Waals surface area contributed by atoms with Crippen LogP contribution < -0.4 is 0 Å². The molecule has 0 radical (unpaired) electrons. The molecule has 1 N–H and O–H groups in total. The van der Waals surface area contributed by atoms with Gasteiger partial charge in [0.25, 0.3) is 0 Å². The number of hydrogen-bond acceptors (Lipinski definition) is 4. The number of hydrogen-bond donors (Lipinski definition) is 1. The van der Waals surface area contributed by atoms with Crippen LogP contribution in [0.25, 0.3) is 0 Å². The fourth-order valence-electron chi connectivity index (χ4n) is 1.71. The van der Waals surface area contributed by atoms with E-state index in [9.17, 15) is 4.79 Å². The minimum absolute atomic E-state index is 0.124. The highest BCUT2D eigenvalue weighted by Crippen LogP contribution is 2.31. The third-order valence-corrected chi connectivity index (χ3v) is 3.55. The van der Waals surface area contributed by atoms with Gasteiger partial charge in [-0.25, -0.2) is 4.98 Å². The number of nitrogens with zero attached hydrogens (tertiary/aromatic N) is 1. The second-order valence-electron chi connectivity index (χ2n) is 3.61. The van der Waals surface area contributed by atoms with E-state index in [1.807, 2.05) is 11.8 Å². The lowest BCUT2D eigenvalue weighted by Crippen LogP contribution is -2.06. The first-order chi connectivity index (χ1) is 7.25. The standard InChI is InChI=1S/C10H13NO3S/c12-10(13)5-9-11-6-8(14-9)7-1-3-15-4-2-7/h6-7H,1-5H2,(H,12,13). The Morgan fingerprint density at radius 1 is 1.60 bits per heavy atom. The molecule has 82 valence electrons. The Kier molecular flexibility index (Phi) is 3.30. The largest absolute Gasteiger partial charge is 0.481 e. The van der Waals surface area contributed by atoms with Gasteiger partial charge in [0, 0.05) is 5.92 Å². The molecule has 0 amide bonds. The highest BCUT2D eigenvalue weighted by atomic mass is 32.2. The monoisotopic (exact) mass is 227 g/mol. The summed E-state index contributed by atoms with van der Waals surface area (Å²) in [6.07, 6.45) is 3.76. The van der Waals surface area contributed by atoms with Crippen molar-refractivity contribution in [2.75, 3.05) is 11.5 Å². The number of carboxylic acid groups (broad SMARTS) is 1. The van der Waals surface area contributed by atoms with Gasteiger partial charge in [-0.1, -0.05) is 0 Å². The van der Waals surface area contributed by atoms with E-state index in [0.29, 0.717) is 11.8 Å². The molecule has 2 rings (SSSR count). The number of oxazole rings is 1. The summed E-state index contributed by atoms with van der Waals surface area (Å²) in [7, 11) is 0. The average Bonchev–Trinajstić information content (AvgIpc) is 2.67. The maximum atomic E-state index is 10.5. The van der Waals surface area contributed by atoms with Crippen molar-refractivity contribution in [3.05, 3.63) is 17.8 Å². The first kappa shape index (κ1) is 10.5. The van der Waals surface area contributed by atoms with Crippen LogP contribution >= 0.6 is 11.8 Å². The van der Waals surface area contributed by atoms with Gasteiger partial charge in [0.15, 0.2) is 0 Å². The van der Waals surface area contributed by atoms with Gasteiger partial charge in [-0.2, -0.15) is 11.8 Å². The van der Waals surface area contributed by atoms with Crippen LogP contribution in [0, 0.1) is 0 Å². The molecule has 1 saturated heterocycles. The summed E-state index contributed by atoms with van der Waals surface area (Å²) in [6.45, 7) is 0. The lowest BCUT2D eigenvalue weighted by molar-refractivity contribution is -0.136. The Labute approximate surface area is 92.1 Å². The van der Waals surface area contributed by atoms with E-state index >= 15 is 0 Å². The molecule has 0 spiro atoms. The van der Waals surface area contributed by atoms with Crippen molar-refractivity contribution >= 4 is 17.7 Å². The van der Waals surface area contributed by atoms with Crippen molar-refractivity contribution in [1.82, 2.24) is 4.98 Å². The summed E-state index contributed by atoms with van der Waals surface area (Å²) >= 11 is 1.95. The van der Waals surface area contributed by atoms with Crippen LogP contribution in [0.1, 0.15) is 30.4 Å². The van der Waals surface area contributed by atoms with Crippen LogP contribution in [0.2, 0.25) is 0 Å². The van der Waals surface area contributed by atoms with E-state index in [1.54, 1.807) is 6.20 Å². The Bertz CT molecular complexity index is 344. The zero-order chi connectivity index (χ0) is 10.7. The summed E-state index contributed by atoms with van der Waals surface area (Å²) in [5.74, 6) is 3.00. The van der Waals surface area contributed by atoms with E-state index in [-0.39, 0.29) is 6.42 Å². The molecule has 1 fully saturated rings. The minimum atomic E-state index is -0.900. The van der Waals surface area contributed by atoms with Gasteiger partial charge in [-0.3, -0.25) is 4.79 Å². The summed E-state index contributed by atoms with van der Waals surface area (Å²) in [6, 6.07) is 0. The van der Waals surface area contributed by atoms with E-state index in [1.165, 1.54) is 0 Å². The third kappa shape index (κ3) is 2.75. The number of carbonyl (C=O) groups is 1. The Hall–Kier alpha value is -0.970. The quantitative estimate of drug-likeness (QED) is 0.854. The number of aliphatic carboxylic acids is 1. The topological polar surface area (TPSA) is 63.3 Å². The average molecular weight is 227 g/mol. The van der Waals surface area contributed by atoms with Gasteiger partial charge >= 0.3 is 5.97 Å². The molecular formula is C10H13NO3S. The van der Waals surface area contributed by atoms with Gasteiger partial charge in [-0.15, -0.1) is 0 Å². The second kappa shape index (κ2) is 4.70. The van der Waals surface area contributed by atoms with Gasteiger partial charge in [-0.05, 0) is 24.3 Å². The fourth-order valence-corrected chi connectivity index (χ4v) is 2.81. The molecule has 1 aliphatic rings. The zero-order valence-electron chi connectivity index (χ0n) is 8.31. The Balaban J connectivity index is 2.02. The van der Waals surface area contributed by atoms with Gasteiger partial charge in [0.1, 0.15) is 12.2 Å². The van der Waals surface area contributed by atoms with Crippen LogP contribution in [0.5, 0.6) is 0 Å². The smallest absolute Gasteiger partial charge is 0.312 e. The maximum Gasteiger partial charge on any atom is 0.312 e. The highest BCUT2D eigenvalue weighted by Gasteiger charge is 2.20. The molecule has 5 heteroatoms. The molecule has 1 aromatic rings. The van der Waals surface area contributed by atoms with Crippen LogP contribution in [-0.2, 0) is 11.2 Å². The van der Waals surface area contributed by atoms with Crippen molar-refractivity contribution in [1.29, 1.82) is 0 Å². The van der Waals surface area contributed by atoms with Crippen molar-refractivity contribution < 1.29 is 14.3 Å². The van der Waals surface area contributed by atoms with Gasteiger partial charge in [0.2, 0.25) is 5.89 Å². The predicted molar refractivity (Wildman–Crippen MR) is 57.1 cm³/mol. The molecule has 4 nitrogen and oxygen atoms in total. The predicted octanol–water partition coefficient (Wildman–Crippen LogP) is 1.91. The van der Waals surface area contributed by atoms with E-state index in [4.69, 9.17) is 9.52 Å². The zero-order valence-corrected chi connectivity index (χ0v) is 9.13. The Morgan fingerprint density at radius 2 is 2.33 bits per heavy atom. The molecule has 0 aliphatic carbocycles. The number of thioether (sulfide) groups is 1. The maximum absolute atomic E-state index is 10.5. The first-order valence-electron chi connectivity index (χ1n) is 5.00. The number of aromatic nitrogens is 1. The number of carboxylic acids is 1. The van der Waals surface area contributed by atoms with Crippen LogP contribution in [0.3, 0.4) is 0 Å². The fraction of sp³-hybridized carbons (Fsp3) is 0.600. The third-order valence-electron chi connectivity index (χ3n) is 2.50. The summed E-state index contributed by atoms with van der Waals surface area (Å²) in [5, 5.41) is 8.58. The minimum Gasteiger partial charge on any atom is -0.481 e. The second-order valence-corrected chi connectivity index (χ2v) is 4.84. The van der Waals surface area contributed by atoms with Crippen molar-refractivity contribution in [3.8, 4) is 0 Å². The lowest BCUT2D eigenvalue weighted by atomic mass is 10.0. The summed E-state index contributed by atoms with van der Waals surface area (Å²) in [4.78, 5) is 14.4. The molecule has 0 bridgehead atoms. The van der Waals surface area contributed by atoms with E-state index in [0.717, 1.165) is 30.1 Å². The normalized spacial score (nSPS) is 17.9. The van der Waals surface area contributed by atoms with Gasteiger partial charge < -0.3 is 9.52 Å².